The van der Waals surface area contributed by atoms with Crippen LogP contribution in [0.2, 0.25) is 0 Å². The van der Waals surface area contributed by atoms with Crippen LogP contribution in [0.1, 0.15) is 18.1 Å². The predicted octanol–water partition coefficient (Wildman–Crippen LogP) is 4.52. The first-order valence-electron chi connectivity index (χ1n) is 7.13. The van der Waals surface area contributed by atoms with E-state index in [1.807, 2.05) is 31.2 Å². The summed E-state index contributed by atoms with van der Waals surface area (Å²) < 4.78 is 12.4. The minimum atomic E-state index is -0.987. The highest BCUT2D eigenvalue weighted by Crippen LogP contribution is 2.30. The number of hydrogen-bond acceptors (Lipinski definition) is 3. The highest BCUT2D eigenvalue weighted by molar-refractivity contribution is 9.10. The van der Waals surface area contributed by atoms with E-state index in [-0.39, 0.29) is 0 Å². The van der Waals surface area contributed by atoms with Crippen LogP contribution < -0.4 is 9.47 Å². The van der Waals surface area contributed by atoms with Crippen molar-refractivity contribution in [3.05, 3.63) is 64.1 Å². The summed E-state index contributed by atoms with van der Waals surface area (Å²) in [5, 5.41) is 8.69. The molecule has 0 aromatic heterocycles. The van der Waals surface area contributed by atoms with Gasteiger partial charge in [-0.1, -0.05) is 34.1 Å². The molecule has 4 nitrogen and oxygen atoms in total. The summed E-state index contributed by atoms with van der Waals surface area (Å²) in [6.45, 7) is 2.82. The third kappa shape index (κ3) is 5.45. The van der Waals surface area contributed by atoms with Crippen LogP contribution in [0.5, 0.6) is 11.5 Å². The minimum absolute atomic E-state index is 0.428. The van der Waals surface area contributed by atoms with Gasteiger partial charge < -0.3 is 14.6 Å². The van der Waals surface area contributed by atoms with Crippen molar-refractivity contribution in [3.8, 4) is 11.5 Å². The molecule has 0 bridgehead atoms. The van der Waals surface area contributed by atoms with Gasteiger partial charge in [0.15, 0.2) is 11.5 Å². The van der Waals surface area contributed by atoms with Gasteiger partial charge in [0.25, 0.3) is 0 Å². The van der Waals surface area contributed by atoms with Crippen LogP contribution in [-0.4, -0.2) is 17.7 Å². The van der Waals surface area contributed by atoms with Gasteiger partial charge in [-0.2, -0.15) is 0 Å². The fraction of sp³-hybridized carbons (Fsp3) is 0.167. The lowest BCUT2D eigenvalue weighted by Gasteiger charge is -2.12. The van der Waals surface area contributed by atoms with Crippen molar-refractivity contribution >= 4 is 28.0 Å². The van der Waals surface area contributed by atoms with Crippen molar-refractivity contribution in [2.45, 2.75) is 13.5 Å². The first-order chi connectivity index (χ1) is 11.1. The zero-order valence-corrected chi connectivity index (χ0v) is 14.2. The van der Waals surface area contributed by atoms with Crippen molar-refractivity contribution in [1.82, 2.24) is 0 Å². The Labute approximate surface area is 143 Å². The van der Waals surface area contributed by atoms with Crippen molar-refractivity contribution in [2.24, 2.45) is 0 Å². The van der Waals surface area contributed by atoms with E-state index in [1.165, 1.54) is 6.08 Å². The van der Waals surface area contributed by atoms with E-state index in [0.29, 0.717) is 24.7 Å². The number of carbonyl (C=O) groups is 1. The summed E-state index contributed by atoms with van der Waals surface area (Å²) in [6, 6.07) is 13.2. The molecular weight excluding hydrogens is 360 g/mol. The van der Waals surface area contributed by atoms with Crippen molar-refractivity contribution in [3.63, 3.8) is 0 Å². The largest absolute Gasteiger partial charge is 0.490 e. The number of carboxylic acid groups (broad SMARTS) is 1. The van der Waals surface area contributed by atoms with E-state index in [9.17, 15) is 4.79 Å². The standard InChI is InChI=1S/C18H17BrO4/c1-2-22-17-11-13(6-10-18(20)21)5-9-16(17)23-12-14-3-7-15(19)8-4-14/h3-11H,2,12H2,1H3,(H,20,21)/b10-6+. The van der Waals surface area contributed by atoms with Crippen molar-refractivity contribution in [2.75, 3.05) is 6.61 Å². The van der Waals surface area contributed by atoms with Gasteiger partial charge in [-0.05, 0) is 48.4 Å². The second-order valence-electron chi connectivity index (χ2n) is 4.73. The van der Waals surface area contributed by atoms with Crippen LogP contribution in [-0.2, 0) is 11.4 Å². The molecule has 2 aromatic carbocycles. The second-order valence-corrected chi connectivity index (χ2v) is 5.64. The lowest BCUT2D eigenvalue weighted by Crippen LogP contribution is -2.00. The smallest absolute Gasteiger partial charge is 0.328 e. The highest BCUT2D eigenvalue weighted by atomic mass is 79.9. The zero-order valence-electron chi connectivity index (χ0n) is 12.7. The van der Waals surface area contributed by atoms with Gasteiger partial charge >= 0.3 is 5.97 Å². The summed E-state index contributed by atoms with van der Waals surface area (Å²) in [5.74, 6) is 0.234. The molecule has 1 N–H and O–H groups in total. The SMILES string of the molecule is CCOc1cc(/C=C/C(=O)O)ccc1OCc1ccc(Br)cc1. The molecule has 2 aromatic rings. The third-order valence-electron chi connectivity index (χ3n) is 2.99. The molecule has 0 spiro atoms. The van der Waals surface area contributed by atoms with E-state index < -0.39 is 5.97 Å². The molecule has 23 heavy (non-hydrogen) atoms. The minimum Gasteiger partial charge on any atom is -0.490 e. The summed E-state index contributed by atoms with van der Waals surface area (Å²) in [4.78, 5) is 10.6. The van der Waals surface area contributed by atoms with Crippen LogP contribution in [0.4, 0.5) is 0 Å². The second kappa shape index (κ2) is 8.39. The van der Waals surface area contributed by atoms with Gasteiger partial charge in [0.1, 0.15) is 6.61 Å². The molecule has 0 amide bonds. The van der Waals surface area contributed by atoms with Gasteiger partial charge in [0.05, 0.1) is 6.61 Å². The molecule has 0 atom stereocenters. The molecule has 0 unspecified atom stereocenters. The van der Waals surface area contributed by atoms with E-state index in [0.717, 1.165) is 21.7 Å². The summed E-state index contributed by atoms with van der Waals surface area (Å²) in [5.41, 5.74) is 1.79. The molecule has 0 heterocycles. The Hall–Kier alpha value is -2.27. The number of ether oxygens (including phenoxy) is 2. The number of aliphatic carboxylic acids is 1. The van der Waals surface area contributed by atoms with E-state index in [2.05, 4.69) is 15.9 Å². The third-order valence-corrected chi connectivity index (χ3v) is 3.52. The quantitative estimate of drug-likeness (QED) is 0.721. The van der Waals surface area contributed by atoms with Crippen LogP contribution >= 0.6 is 15.9 Å². The van der Waals surface area contributed by atoms with Gasteiger partial charge in [0.2, 0.25) is 0 Å². The van der Waals surface area contributed by atoms with E-state index in [1.54, 1.807) is 18.2 Å². The molecular formula is C18H17BrO4. The van der Waals surface area contributed by atoms with Gasteiger partial charge in [-0.25, -0.2) is 4.79 Å². The topological polar surface area (TPSA) is 55.8 Å². The summed E-state index contributed by atoms with van der Waals surface area (Å²) in [7, 11) is 0. The van der Waals surface area contributed by atoms with Crippen LogP contribution in [0.25, 0.3) is 6.08 Å². The Morgan fingerprint density at radius 2 is 1.87 bits per heavy atom. The Kier molecular flexibility index (Phi) is 6.23. The lowest BCUT2D eigenvalue weighted by atomic mass is 10.2. The molecule has 0 radical (unpaired) electrons. The van der Waals surface area contributed by atoms with Gasteiger partial charge in [0, 0.05) is 10.5 Å². The molecule has 0 fully saturated rings. The maximum absolute atomic E-state index is 10.6. The van der Waals surface area contributed by atoms with E-state index >= 15 is 0 Å². The fourth-order valence-electron chi connectivity index (χ4n) is 1.93. The number of carboxylic acids is 1. The Morgan fingerprint density at radius 1 is 1.13 bits per heavy atom. The molecule has 0 aliphatic heterocycles. The van der Waals surface area contributed by atoms with Gasteiger partial charge in [-0.15, -0.1) is 0 Å². The average Bonchev–Trinajstić information content (AvgIpc) is 2.54. The summed E-state index contributed by atoms with van der Waals surface area (Å²) >= 11 is 3.40. The number of halogens is 1. The summed E-state index contributed by atoms with van der Waals surface area (Å²) in [6.07, 6.45) is 2.61. The molecule has 120 valence electrons. The Morgan fingerprint density at radius 3 is 2.52 bits per heavy atom. The lowest BCUT2D eigenvalue weighted by molar-refractivity contribution is -0.131. The monoisotopic (exact) mass is 376 g/mol. The first kappa shape index (κ1) is 17.1. The number of benzene rings is 2. The maximum atomic E-state index is 10.6. The number of hydrogen-bond donors (Lipinski definition) is 1. The molecule has 0 aliphatic rings. The molecule has 5 heteroatoms. The first-order valence-corrected chi connectivity index (χ1v) is 7.93. The van der Waals surface area contributed by atoms with Gasteiger partial charge in [-0.3, -0.25) is 0 Å². The number of rotatable bonds is 7. The van der Waals surface area contributed by atoms with Crippen LogP contribution in [0, 0.1) is 0 Å². The van der Waals surface area contributed by atoms with Crippen LogP contribution in [0.3, 0.4) is 0 Å². The van der Waals surface area contributed by atoms with E-state index in [4.69, 9.17) is 14.6 Å². The molecule has 0 saturated carbocycles. The zero-order chi connectivity index (χ0) is 16.7. The van der Waals surface area contributed by atoms with Crippen LogP contribution in [0.15, 0.2) is 53.0 Å². The Bertz CT molecular complexity index is 693. The normalized spacial score (nSPS) is 10.7. The van der Waals surface area contributed by atoms with Crippen molar-refractivity contribution in [1.29, 1.82) is 0 Å². The highest BCUT2D eigenvalue weighted by Gasteiger charge is 2.06. The molecule has 0 aliphatic carbocycles. The van der Waals surface area contributed by atoms with Crippen molar-refractivity contribution < 1.29 is 19.4 Å². The molecule has 0 saturated heterocycles. The predicted molar refractivity (Wildman–Crippen MR) is 92.8 cm³/mol. The maximum Gasteiger partial charge on any atom is 0.328 e. The molecule has 2 rings (SSSR count). The Balaban J connectivity index is 2.13. The fourth-order valence-corrected chi connectivity index (χ4v) is 2.19. The average molecular weight is 377 g/mol.